The fraction of sp³-hybridized carbons (Fsp3) is 0.353. The Kier molecular flexibility index (Phi) is 6.10. The van der Waals surface area contributed by atoms with Crippen LogP contribution in [0.1, 0.15) is 53.5 Å². The minimum Gasteiger partial charge on any atom is -0.452 e. The zero-order valence-corrected chi connectivity index (χ0v) is 25.3. The molecule has 0 saturated carbocycles. The van der Waals surface area contributed by atoms with Gasteiger partial charge in [0.1, 0.15) is 0 Å². The van der Waals surface area contributed by atoms with E-state index >= 15 is 0 Å². The van der Waals surface area contributed by atoms with Crippen molar-refractivity contribution in [2.45, 2.75) is 77.2 Å². The van der Waals surface area contributed by atoms with Crippen LogP contribution < -0.4 is 5.19 Å². The summed E-state index contributed by atoms with van der Waals surface area (Å²) in [7, 11) is -4.07. The van der Waals surface area contributed by atoms with E-state index in [1.54, 1.807) is 11.1 Å². The van der Waals surface area contributed by atoms with Crippen LogP contribution >= 0.6 is 0 Å². The van der Waals surface area contributed by atoms with E-state index < -0.39 is 16.6 Å². The molecule has 6 rings (SSSR count). The molecule has 190 valence electrons. The predicted octanol–water partition coefficient (Wildman–Crippen LogP) is 8.70. The van der Waals surface area contributed by atoms with E-state index in [4.69, 9.17) is 4.12 Å². The summed E-state index contributed by atoms with van der Waals surface area (Å²) in [5, 5.41) is 4.07. The van der Waals surface area contributed by atoms with Gasteiger partial charge in [0.05, 0.1) is 0 Å². The lowest BCUT2D eigenvalue weighted by Gasteiger charge is -2.36. The van der Waals surface area contributed by atoms with E-state index in [-0.39, 0.29) is 0 Å². The molecule has 1 nitrogen and oxygen atoms in total. The van der Waals surface area contributed by atoms with Crippen LogP contribution in [0, 0.1) is 0 Å². The Bertz CT molecular complexity index is 1500. The standard InChI is InChI=1S/C34H40OSi2/c1-23-17-28-12-11-25(19-31(23)28)15-16-36(3,4)35-37(5,6)34-22-27-10-8-7-9-26(27)20-33(34)30-14-13-29-18-24(2)32(29)21-30/h7-14,19-24H,15-18H2,1-6H3. The van der Waals surface area contributed by atoms with Crippen LogP contribution in [0.25, 0.3) is 21.9 Å². The molecule has 2 aliphatic rings. The van der Waals surface area contributed by atoms with Crippen molar-refractivity contribution < 1.29 is 4.12 Å². The summed E-state index contributed by atoms with van der Waals surface area (Å²) in [4.78, 5) is 0. The molecule has 0 radical (unpaired) electrons. The van der Waals surface area contributed by atoms with Crippen LogP contribution in [0.15, 0.2) is 72.8 Å². The molecule has 0 fully saturated rings. The first-order chi connectivity index (χ1) is 17.6. The molecule has 0 aliphatic heterocycles. The molecule has 0 N–H and O–H groups in total. The highest BCUT2D eigenvalue weighted by Gasteiger charge is 2.36. The van der Waals surface area contributed by atoms with E-state index in [0.717, 1.165) is 18.4 Å². The fourth-order valence-electron chi connectivity index (χ4n) is 6.69. The van der Waals surface area contributed by atoms with E-state index in [1.807, 2.05) is 0 Å². The van der Waals surface area contributed by atoms with Gasteiger partial charge in [0, 0.05) is 0 Å². The lowest BCUT2D eigenvalue weighted by atomic mass is 9.77. The second-order valence-electron chi connectivity index (χ2n) is 12.8. The fourth-order valence-corrected chi connectivity index (χ4v) is 15.3. The smallest absolute Gasteiger partial charge is 0.206 e. The van der Waals surface area contributed by atoms with Gasteiger partial charge in [-0.05, 0) is 124 Å². The predicted molar refractivity (Wildman–Crippen MR) is 164 cm³/mol. The maximum Gasteiger partial charge on any atom is 0.206 e. The van der Waals surface area contributed by atoms with Gasteiger partial charge in [-0.1, -0.05) is 80.6 Å². The number of hydrogen-bond donors (Lipinski definition) is 0. The quantitative estimate of drug-likeness (QED) is 0.221. The monoisotopic (exact) mass is 520 g/mol. The molecule has 37 heavy (non-hydrogen) atoms. The van der Waals surface area contributed by atoms with Gasteiger partial charge in [-0.2, -0.15) is 0 Å². The van der Waals surface area contributed by atoms with Crippen LogP contribution in [0.5, 0.6) is 0 Å². The summed E-state index contributed by atoms with van der Waals surface area (Å²) in [6, 6.07) is 29.2. The van der Waals surface area contributed by atoms with Crippen LogP contribution in [0.4, 0.5) is 0 Å². The Balaban J connectivity index is 1.31. The second kappa shape index (κ2) is 9.08. The average molecular weight is 521 g/mol. The zero-order valence-electron chi connectivity index (χ0n) is 23.3. The highest BCUT2D eigenvalue weighted by molar-refractivity contribution is 6.93. The molecule has 0 heterocycles. The molecule has 2 atom stereocenters. The molecule has 0 amide bonds. The summed E-state index contributed by atoms with van der Waals surface area (Å²) in [5.74, 6) is 1.40. The second-order valence-corrected chi connectivity index (χ2v) is 21.2. The largest absolute Gasteiger partial charge is 0.452 e. The van der Waals surface area contributed by atoms with Crippen molar-refractivity contribution in [2.75, 3.05) is 0 Å². The summed E-state index contributed by atoms with van der Waals surface area (Å²) >= 11 is 0. The highest BCUT2D eigenvalue weighted by atomic mass is 28.4. The summed E-state index contributed by atoms with van der Waals surface area (Å²) < 4.78 is 7.30. The van der Waals surface area contributed by atoms with Crippen molar-refractivity contribution in [1.29, 1.82) is 0 Å². The van der Waals surface area contributed by atoms with Gasteiger partial charge in [-0.3, -0.25) is 0 Å². The molecule has 4 aromatic rings. The molecular weight excluding hydrogens is 481 g/mol. The molecule has 4 aromatic carbocycles. The number of rotatable bonds is 7. The SMILES string of the molecule is CC1Cc2ccc(CC[Si](C)(C)O[Si](C)(C)c3cc4ccccc4cc3-c3ccc4c(c3)C(C)C4)cc21. The lowest BCUT2D eigenvalue weighted by Crippen LogP contribution is -2.53. The van der Waals surface area contributed by atoms with Crippen LogP contribution in [-0.4, -0.2) is 16.6 Å². The normalized spacial score (nSPS) is 18.6. The van der Waals surface area contributed by atoms with Gasteiger partial charge in [0.15, 0.2) is 8.32 Å². The van der Waals surface area contributed by atoms with Crippen LogP contribution in [0.2, 0.25) is 32.2 Å². The van der Waals surface area contributed by atoms with Gasteiger partial charge in [0.25, 0.3) is 0 Å². The van der Waals surface area contributed by atoms with Gasteiger partial charge in [-0.25, -0.2) is 0 Å². The Labute approximate surface area is 225 Å². The molecule has 2 unspecified atom stereocenters. The van der Waals surface area contributed by atoms with Crippen molar-refractivity contribution in [1.82, 2.24) is 0 Å². The molecular formula is C34H40OSi2. The highest BCUT2D eigenvalue weighted by Crippen LogP contribution is 2.39. The van der Waals surface area contributed by atoms with Crippen molar-refractivity contribution >= 4 is 32.6 Å². The number of benzene rings is 4. The third-order valence-corrected chi connectivity index (χ3v) is 16.3. The topological polar surface area (TPSA) is 9.23 Å². The van der Waals surface area contributed by atoms with Crippen molar-refractivity contribution in [2.24, 2.45) is 0 Å². The number of fused-ring (bicyclic) bond motifs is 3. The first-order valence-corrected chi connectivity index (χ1v) is 20.1. The van der Waals surface area contributed by atoms with Crippen molar-refractivity contribution in [3.63, 3.8) is 0 Å². The van der Waals surface area contributed by atoms with E-state index in [1.165, 1.54) is 56.6 Å². The van der Waals surface area contributed by atoms with Crippen molar-refractivity contribution in [3.05, 3.63) is 101 Å². The summed E-state index contributed by atoms with van der Waals surface area (Å²) in [6.07, 6.45) is 3.58. The Morgan fingerprint density at radius 1 is 0.730 bits per heavy atom. The van der Waals surface area contributed by atoms with Gasteiger partial charge < -0.3 is 4.12 Å². The third-order valence-electron chi connectivity index (χ3n) is 8.86. The Hall–Kier alpha value is -2.47. The summed E-state index contributed by atoms with van der Waals surface area (Å²) in [5.41, 5.74) is 10.4. The minimum atomic E-state index is -2.19. The molecule has 0 bridgehead atoms. The maximum atomic E-state index is 7.30. The van der Waals surface area contributed by atoms with E-state index in [0.29, 0.717) is 5.92 Å². The van der Waals surface area contributed by atoms with Gasteiger partial charge in [0.2, 0.25) is 8.32 Å². The van der Waals surface area contributed by atoms with Crippen LogP contribution in [0.3, 0.4) is 0 Å². The molecule has 0 spiro atoms. The molecule has 0 saturated heterocycles. The Morgan fingerprint density at radius 3 is 2.03 bits per heavy atom. The molecule has 0 aromatic heterocycles. The van der Waals surface area contributed by atoms with Gasteiger partial charge in [-0.15, -0.1) is 0 Å². The first kappa shape index (κ1) is 24.8. The van der Waals surface area contributed by atoms with Crippen molar-refractivity contribution in [3.8, 4) is 11.1 Å². The maximum absolute atomic E-state index is 7.30. The number of hydrogen-bond acceptors (Lipinski definition) is 1. The van der Waals surface area contributed by atoms with E-state index in [2.05, 4.69) is 113 Å². The third kappa shape index (κ3) is 4.67. The molecule has 3 heteroatoms. The van der Waals surface area contributed by atoms with E-state index in [9.17, 15) is 0 Å². The minimum absolute atomic E-state index is 0.671. The zero-order chi connectivity index (χ0) is 25.9. The Morgan fingerprint density at radius 2 is 1.35 bits per heavy atom. The average Bonchev–Trinajstić information content (AvgIpc) is 2.85. The summed E-state index contributed by atoms with van der Waals surface area (Å²) in [6.45, 7) is 14.4. The lowest BCUT2D eigenvalue weighted by molar-refractivity contribution is 0.553. The molecule has 2 aliphatic carbocycles. The van der Waals surface area contributed by atoms with Crippen LogP contribution in [-0.2, 0) is 23.4 Å². The van der Waals surface area contributed by atoms with Gasteiger partial charge >= 0.3 is 0 Å². The number of aryl methyl sites for hydroxylation is 1. The first-order valence-electron chi connectivity index (χ1n) is 14.1.